The average Bonchev–Trinajstić information content (AvgIpc) is 2.03. The summed E-state index contributed by atoms with van der Waals surface area (Å²) in [6.45, 7) is 3.06. The van der Waals surface area contributed by atoms with Crippen molar-refractivity contribution in [2.24, 2.45) is 10.9 Å². The highest BCUT2D eigenvalue weighted by atomic mass is 16.3. The lowest BCUT2D eigenvalue weighted by molar-refractivity contribution is 0.610. The van der Waals surface area contributed by atoms with E-state index in [9.17, 15) is 4.91 Å². The topological polar surface area (TPSA) is 67.5 Å². The van der Waals surface area contributed by atoms with Gasteiger partial charge in [-0.2, -0.15) is 4.91 Å². The van der Waals surface area contributed by atoms with Crippen molar-refractivity contribution in [3.63, 3.8) is 0 Å². The molecule has 0 rings (SSSR count). The largest absolute Gasteiger partial charge is 0.330 e. The van der Waals surface area contributed by atoms with Gasteiger partial charge in [0, 0.05) is 0 Å². The fraction of sp³-hybridized carbons (Fsp3) is 1.00. The van der Waals surface area contributed by atoms with Gasteiger partial charge in [0.25, 0.3) is 0 Å². The second-order valence-corrected chi connectivity index (χ2v) is 2.45. The minimum atomic E-state index is 0.421. The predicted octanol–water partition coefficient (Wildman–Crippen LogP) is 0.471. The van der Waals surface area contributed by atoms with Crippen LogP contribution in [0.25, 0.3) is 0 Å². The summed E-state index contributed by atoms with van der Waals surface area (Å²) in [5, 5.41) is 5.96. The van der Waals surface area contributed by atoms with Crippen LogP contribution in [-0.2, 0) is 0 Å². The van der Waals surface area contributed by atoms with Crippen molar-refractivity contribution in [1.82, 2.24) is 5.32 Å². The van der Waals surface area contributed by atoms with Gasteiger partial charge in [-0.25, -0.2) is 0 Å². The van der Waals surface area contributed by atoms with Gasteiger partial charge in [-0.15, -0.1) is 0 Å². The number of unbranched alkanes of at least 4 members (excludes halogenated alkanes) is 1. The minimum Gasteiger partial charge on any atom is -0.330 e. The Hall–Kier alpha value is -0.480. The molecule has 0 bridgehead atoms. The van der Waals surface area contributed by atoms with Crippen LogP contribution in [-0.4, -0.2) is 26.2 Å². The molecular weight excluding hydrogens is 142 g/mol. The number of nitrogens with zero attached hydrogens (tertiary/aromatic N) is 1. The zero-order valence-electron chi connectivity index (χ0n) is 6.88. The third kappa shape index (κ3) is 9.52. The van der Waals surface area contributed by atoms with Crippen LogP contribution in [0.15, 0.2) is 5.18 Å². The molecule has 0 radical (unpaired) electrons. The van der Waals surface area contributed by atoms with E-state index in [1.54, 1.807) is 0 Å². The second kappa shape index (κ2) is 9.52. The summed E-state index contributed by atoms with van der Waals surface area (Å²) in [6, 6.07) is 0. The van der Waals surface area contributed by atoms with E-state index in [4.69, 9.17) is 5.73 Å². The van der Waals surface area contributed by atoms with Crippen molar-refractivity contribution in [1.29, 1.82) is 0 Å². The quantitative estimate of drug-likeness (QED) is 0.399. The molecule has 4 nitrogen and oxygen atoms in total. The molecule has 0 fully saturated rings. The Bertz CT molecular complexity index is 87.8. The minimum absolute atomic E-state index is 0.421. The Balaban J connectivity index is 2.74. The molecule has 0 aliphatic heterocycles. The van der Waals surface area contributed by atoms with Crippen LogP contribution in [0.4, 0.5) is 0 Å². The summed E-state index contributed by atoms with van der Waals surface area (Å²) in [6.07, 6.45) is 3.02. The molecule has 66 valence electrons. The molecule has 11 heavy (non-hydrogen) atoms. The van der Waals surface area contributed by atoms with E-state index in [0.29, 0.717) is 6.54 Å². The third-order valence-electron chi connectivity index (χ3n) is 1.41. The highest BCUT2D eigenvalue weighted by Crippen LogP contribution is 1.83. The van der Waals surface area contributed by atoms with Crippen LogP contribution in [0, 0.1) is 4.91 Å². The molecule has 3 N–H and O–H groups in total. The highest BCUT2D eigenvalue weighted by Gasteiger charge is 1.87. The Morgan fingerprint density at radius 1 is 1.18 bits per heavy atom. The molecule has 0 heterocycles. The lowest BCUT2D eigenvalue weighted by Crippen LogP contribution is -2.18. The maximum atomic E-state index is 9.65. The summed E-state index contributed by atoms with van der Waals surface area (Å²) in [7, 11) is 0. The van der Waals surface area contributed by atoms with E-state index in [-0.39, 0.29) is 0 Å². The first-order valence-corrected chi connectivity index (χ1v) is 4.11. The standard InChI is InChI=1S/C7H17N3O/c8-4-1-2-5-9-6-3-7-10-11/h9H,1-8H2. The summed E-state index contributed by atoms with van der Waals surface area (Å²) in [5.41, 5.74) is 5.31. The van der Waals surface area contributed by atoms with Gasteiger partial charge >= 0.3 is 0 Å². The van der Waals surface area contributed by atoms with Gasteiger partial charge in [0.05, 0.1) is 6.54 Å². The molecule has 0 aromatic rings. The fourth-order valence-electron chi connectivity index (χ4n) is 0.788. The van der Waals surface area contributed by atoms with E-state index in [1.807, 2.05) is 0 Å². The lowest BCUT2D eigenvalue weighted by atomic mass is 10.3. The van der Waals surface area contributed by atoms with Crippen molar-refractivity contribution in [2.45, 2.75) is 19.3 Å². The van der Waals surface area contributed by atoms with Gasteiger partial charge in [-0.3, -0.25) is 0 Å². The zero-order chi connectivity index (χ0) is 8.36. The first-order chi connectivity index (χ1) is 5.41. The Morgan fingerprint density at radius 2 is 1.91 bits per heavy atom. The molecule has 0 unspecified atom stereocenters. The molecule has 0 spiro atoms. The van der Waals surface area contributed by atoms with E-state index in [2.05, 4.69) is 10.5 Å². The van der Waals surface area contributed by atoms with Crippen LogP contribution in [0.5, 0.6) is 0 Å². The molecule has 0 atom stereocenters. The number of hydrogen-bond donors (Lipinski definition) is 2. The maximum absolute atomic E-state index is 9.65. The van der Waals surface area contributed by atoms with E-state index < -0.39 is 0 Å². The molecule has 0 amide bonds. The first-order valence-electron chi connectivity index (χ1n) is 4.11. The summed E-state index contributed by atoms with van der Waals surface area (Å²) in [4.78, 5) is 9.65. The molecule has 0 aliphatic carbocycles. The Kier molecular flexibility index (Phi) is 9.10. The fourth-order valence-corrected chi connectivity index (χ4v) is 0.788. The number of nitrogens with one attached hydrogen (secondary N) is 1. The highest BCUT2D eigenvalue weighted by molar-refractivity contribution is 4.50. The van der Waals surface area contributed by atoms with E-state index >= 15 is 0 Å². The molecule has 4 heteroatoms. The van der Waals surface area contributed by atoms with Crippen molar-refractivity contribution < 1.29 is 0 Å². The Labute approximate surface area is 67.5 Å². The van der Waals surface area contributed by atoms with Gasteiger partial charge < -0.3 is 11.1 Å². The lowest BCUT2D eigenvalue weighted by Gasteiger charge is -2.00. The summed E-state index contributed by atoms with van der Waals surface area (Å²) in [5.74, 6) is 0. The van der Waals surface area contributed by atoms with Crippen molar-refractivity contribution in [3.05, 3.63) is 4.91 Å². The zero-order valence-corrected chi connectivity index (χ0v) is 6.88. The van der Waals surface area contributed by atoms with Crippen molar-refractivity contribution in [3.8, 4) is 0 Å². The molecule has 0 aromatic heterocycles. The smallest absolute Gasteiger partial charge is 0.0823 e. The second-order valence-electron chi connectivity index (χ2n) is 2.45. The third-order valence-corrected chi connectivity index (χ3v) is 1.41. The molecule has 0 aromatic carbocycles. The monoisotopic (exact) mass is 159 g/mol. The Morgan fingerprint density at radius 3 is 2.55 bits per heavy atom. The van der Waals surface area contributed by atoms with Gasteiger partial charge in [0.2, 0.25) is 0 Å². The first kappa shape index (κ1) is 10.5. The van der Waals surface area contributed by atoms with Crippen LogP contribution in [0.3, 0.4) is 0 Å². The van der Waals surface area contributed by atoms with Crippen LogP contribution in [0.2, 0.25) is 0 Å². The number of nitroso groups, excluding NO2 is 1. The number of hydrogen-bond acceptors (Lipinski definition) is 4. The predicted molar refractivity (Wildman–Crippen MR) is 46.4 cm³/mol. The normalized spacial score (nSPS) is 9.91. The number of nitrogens with two attached hydrogens (primary N) is 1. The van der Waals surface area contributed by atoms with Crippen LogP contribution >= 0.6 is 0 Å². The molecule has 0 saturated heterocycles. The number of rotatable bonds is 8. The molecule has 0 saturated carbocycles. The van der Waals surface area contributed by atoms with Gasteiger partial charge in [-0.05, 0) is 38.9 Å². The summed E-state index contributed by atoms with van der Waals surface area (Å²) >= 11 is 0. The van der Waals surface area contributed by atoms with Gasteiger partial charge in [0.15, 0.2) is 0 Å². The maximum Gasteiger partial charge on any atom is 0.0823 e. The van der Waals surface area contributed by atoms with E-state index in [1.165, 1.54) is 0 Å². The van der Waals surface area contributed by atoms with Gasteiger partial charge in [0.1, 0.15) is 0 Å². The van der Waals surface area contributed by atoms with E-state index in [0.717, 1.165) is 38.9 Å². The van der Waals surface area contributed by atoms with Crippen molar-refractivity contribution in [2.75, 3.05) is 26.2 Å². The van der Waals surface area contributed by atoms with Gasteiger partial charge in [-0.1, -0.05) is 5.18 Å². The average molecular weight is 159 g/mol. The van der Waals surface area contributed by atoms with Crippen molar-refractivity contribution >= 4 is 0 Å². The van der Waals surface area contributed by atoms with Crippen LogP contribution < -0.4 is 11.1 Å². The summed E-state index contributed by atoms with van der Waals surface area (Å²) < 4.78 is 0. The molecule has 0 aliphatic rings. The van der Waals surface area contributed by atoms with Crippen LogP contribution in [0.1, 0.15) is 19.3 Å². The SMILES string of the molecule is NCCCCNCCCN=O. The molecular formula is C7H17N3O.